The number of carbonyl (C=O) groups is 2. The molecule has 1 aromatic heterocycles. The minimum Gasteiger partial charge on any atom is -0.495 e. The van der Waals surface area contributed by atoms with Gasteiger partial charge in [0.05, 0.1) is 19.3 Å². The summed E-state index contributed by atoms with van der Waals surface area (Å²) in [5.74, 6) is 0.638. The summed E-state index contributed by atoms with van der Waals surface area (Å²) in [7, 11) is 3.53. The van der Waals surface area contributed by atoms with Crippen molar-refractivity contribution >= 4 is 17.3 Å². The van der Waals surface area contributed by atoms with Gasteiger partial charge in [-0.1, -0.05) is 36.4 Å². The molecule has 34 heavy (non-hydrogen) atoms. The lowest BCUT2D eigenvalue weighted by Gasteiger charge is -2.36. The van der Waals surface area contributed by atoms with Crippen molar-refractivity contribution in [3.8, 4) is 5.75 Å². The Labute approximate surface area is 198 Å². The van der Waals surface area contributed by atoms with Crippen LogP contribution in [0.1, 0.15) is 44.9 Å². The van der Waals surface area contributed by atoms with Crippen LogP contribution in [-0.4, -0.2) is 65.1 Å². The van der Waals surface area contributed by atoms with Crippen molar-refractivity contribution in [1.82, 2.24) is 14.7 Å². The van der Waals surface area contributed by atoms with Crippen LogP contribution in [0.2, 0.25) is 0 Å². The average molecular weight is 459 g/mol. The summed E-state index contributed by atoms with van der Waals surface area (Å²) >= 11 is 0. The van der Waals surface area contributed by atoms with Gasteiger partial charge in [0, 0.05) is 47.9 Å². The van der Waals surface area contributed by atoms with Crippen molar-refractivity contribution in [2.45, 2.75) is 31.5 Å². The predicted octanol–water partition coefficient (Wildman–Crippen LogP) is 1.84. The SMILES string of the molecule is COc1ccccc1N1CC2CC1CN2CCCn1c2c(n[n+]1C)C(=O)c1ccccc1C2=O. The Balaban J connectivity index is 1.13. The summed E-state index contributed by atoms with van der Waals surface area (Å²) in [6, 6.07) is 16.3. The van der Waals surface area contributed by atoms with E-state index in [2.05, 4.69) is 27.0 Å². The molecule has 2 unspecified atom stereocenters. The molecule has 0 spiro atoms. The smallest absolute Gasteiger partial charge is 0.220 e. The second-order valence-corrected chi connectivity index (χ2v) is 9.33. The minimum atomic E-state index is -0.173. The number of likely N-dealkylation sites (tertiary alicyclic amines) is 1. The van der Waals surface area contributed by atoms with Crippen molar-refractivity contribution < 1.29 is 19.1 Å². The molecular formula is C26H28N5O3+. The highest BCUT2D eigenvalue weighted by atomic mass is 16.5. The van der Waals surface area contributed by atoms with E-state index in [-0.39, 0.29) is 17.3 Å². The lowest BCUT2D eigenvalue weighted by atomic mass is 9.90. The summed E-state index contributed by atoms with van der Waals surface area (Å²) in [5, 5.41) is 4.41. The summed E-state index contributed by atoms with van der Waals surface area (Å²) in [6.07, 6.45) is 2.05. The van der Waals surface area contributed by atoms with Gasteiger partial charge in [-0.15, -0.1) is 4.68 Å². The lowest BCUT2D eigenvalue weighted by molar-refractivity contribution is -0.805. The normalized spacial score (nSPS) is 21.2. The highest BCUT2D eigenvalue weighted by Gasteiger charge is 2.44. The quantitative estimate of drug-likeness (QED) is 0.411. The fourth-order valence-corrected chi connectivity index (χ4v) is 5.89. The molecular weight excluding hydrogens is 430 g/mol. The van der Waals surface area contributed by atoms with Crippen LogP contribution in [0.25, 0.3) is 0 Å². The maximum atomic E-state index is 13.2. The first kappa shape index (κ1) is 21.0. The maximum Gasteiger partial charge on any atom is 0.220 e. The van der Waals surface area contributed by atoms with E-state index in [9.17, 15) is 9.59 Å². The minimum absolute atomic E-state index is 0.119. The van der Waals surface area contributed by atoms with Crippen molar-refractivity contribution in [1.29, 1.82) is 0 Å². The molecule has 0 amide bonds. The van der Waals surface area contributed by atoms with Crippen molar-refractivity contribution in [3.63, 3.8) is 0 Å². The molecule has 6 rings (SSSR count). The van der Waals surface area contributed by atoms with E-state index < -0.39 is 0 Å². The molecule has 2 aromatic carbocycles. The molecule has 8 heteroatoms. The van der Waals surface area contributed by atoms with Gasteiger partial charge in [-0.3, -0.25) is 14.5 Å². The van der Waals surface area contributed by atoms with Crippen LogP contribution < -0.4 is 14.4 Å². The Morgan fingerprint density at radius 3 is 2.44 bits per heavy atom. The van der Waals surface area contributed by atoms with Crippen LogP contribution in [0.3, 0.4) is 0 Å². The maximum absolute atomic E-state index is 13.2. The number of aryl methyl sites for hydroxylation is 1. The standard InChI is InChI=1S/C26H28N5O3/c1-28-27-23-24(26(33)20-9-4-3-8-19(20)25(23)32)31(28)13-7-12-29-15-18-14-17(29)16-30(18)21-10-5-6-11-22(21)34-2/h3-6,8-11,17-18H,7,12-16H2,1-2H3/q+1. The Morgan fingerprint density at radius 2 is 1.71 bits per heavy atom. The van der Waals surface area contributed by atoms with E-state index in [4.69, 9.17) is 4.74 Å². The molecule has 0 radical (unpaired) electrons. The first-order chi connectivity index (χ1) is 16.6. The molecule has 3 aliphatic rings. The van der Waals surface area contributed by atoms with Crippen molar-refractivity contribution in [2.75, 3.05) is 31.6 Å². The molecule has 3 heterocycles. The van der Waals surface area contributed by atoms with Crippen molar-refractivity contribution in [2.24, 2.45) is 7.05 Å². The van der Waals surface area contributed by atoms with Gasteiger partial charge >= 0.3 is 0 Å². The van der Waals surface area contributed by atoms with Gasteiger partial charge in [-0.25, -0.2) is 0 Å². The van der Waals surface area contributed by atoms with Gasteiger partial charge in [0.2, 0.25) is 17.3 Å². The topological polar surface area (TPSA) is 71.6 Å². The first-order valence-electron chi connectivity index (χ1n) is 11.9. The third-order valence-electron chi connectivity index (χ3n) is 7.49. The molecule has 2 saturated heterocycles. The van der Waals surface area contributed by atoms with Crippen LogP contribution in [0.5, 0.6) is 5.75 Å². The van der Waals surface area contributed by atoms with E-state index in [1.807, 2.05) is 16.8 Å². The zero-order valence-corrected chi connectivity index (χ0v) is 19.5. The molecule has 3 aromatic rings. The number of ketones is 2. The number of fused-ring (bicyclic) bond motifs is 4. The van der Waals surface area contributed by atoms with E-state index in [1.54, 1.807) is 43.2 Å². The Hall–Kier alpha value is -3.52. The van der Waals surface area contributed by atoms with Crippen LogP contribution >= 0.6 is 0 Å². The number of ether oxygens (including phenoxy) is 1. The van der Waals surface area contributed by atoms with E-state index in [1.165, 1.54) is 5.69 Å². The number of methoxy groups -OCH3 is 1. The van der Waals surface area contributed by atoms with E-state index >= 15 is 0 Å². The first-order valence-corrected chi connectivity index (χ1v) is 11.9. The third-order valence-corrected chi connectivity index (χ3v) is 7.49. The molecule has 1 aliphatic carbocycles. The number of rotatable bonds is 6. The largest absolute Gasteiger partial charge is 0.495 e. The summed E-state index contributed by atoms with van der Waals surface area (Å²) in [6.45, 7) is 3.63. The number of aromatic nitrogens is 3. The molecule has 0 saturated carbocycles. The zero-order chi connectivity index (χ0) is 23.4. The lowest BCUT2D eigenvalue weighted by Crippen LogP contribution is -2.47. The monoisotopic (exact) mass is 458 g/mol. The summed E-state index contributed by atoms with van der Waals surface area (Å²) < 4.78 is 7.44. The number of carbonyl (C=O) groups excluding carboxylic acids is 2. The Bertz CT molecular complexity index is 1300. The number of hydrogen-bond acceptors (Lipinski definition) is 6. The van der Waals surface area contributed by atoms with Gasteiger partial charge in [0.15, 0.2) is 12.7 Å². The summed E-state index contributed by atoms with van der Waals surface area (Å²) in [5.41, 5.74) is 2.76. The molecule has 2 bridgehead atoms. The van der Waals surface area contributed by atoms with Gasteiger partial charge in [-0.2, -0.15) is 0 Å². The third kappa shape index (κ3) is 3.16. The van der Waals surface area contributed by atoms with Gasteiger partial charge in [-0.05, 0) is 29.8 Å². The van der Waals surface area contributed by atoms with Crippen LogP contribution in [-0.2, 0) is 13.6 Å². The van der Waals surface area contributed by atoms with Crippen molar-refractivity contribution in [3.05, 3.63) is 71.0 Å². The average Bonchev–Trinajstić information content (AvgIpc) is 3.55. The second-order valence-electron chi connectivity index (χ2n) is 9.33. The highest BCUT2D eigenvalue weighted by Crippen LogP contribution is 2.38. The van der Waals surface area contributed by atoms with Gasteiger partial charge in [0.1, 0.15) is 5.75 Å². The number of anilines is 1. The second kappa shape index (κ2) is 8.06. The molecule has 2 aliphatic heterocycles. The summed E-state index contributed by atoms with van der Waals surface area (Å²) in [4.78, 5) is 32.8. The van der Waals surface area contributed by atoms with E-state index in [0.29, 0.717) is 35.4 Å². The van der Waals surface area contributed by atoms with Gasteiger partial charge in [0.25, 0.3) is 0 Å². The molecule has 8 nitrogen and oxygen atoms in total. The van der Waals surface area contributed by atoms with Gasteiger partial charge < -0.3 is 9.64 Å². The molecule has 174 valence electrons. The number of para-hydroxylation sites is 2. The number of nitrogens with zero attached hydrogens (tertiary/aromatic N) is 5. The molecule has 2 fully saturated rings. The number of hydrogen-bond donors (Lipinski definition) is 0. The molecule has 0 N–H and O–H groups in total. The Morgan fingerprint density at radius 1 is 0.971 bits per heavy atom. The number of benzene rings is 2. The fraction of sp³-hybridized carbons (Fsp3) is 0.385. The van der Waals surface area contributed by atoms with E-state index in [0.717, 1.165) is 38.2 Å². The number of piperazine rings is 1. The fourth-order valence-electron chi connectivity index (χ4n) is 5.89. The zero-order valence-electron chi connectivity index (χ0n) is 19.5. The van der Waals surface area contributed by atoms with Crippen LogP contribution in [0, 0.1) is 0 Å². The van der Waals surface area contributed by atoms with Crippen LogP contribution in [0.15, 0.2) is 48.5 Å². The van der Waals surface area contributed by atoms with Crippen LogP contribution in [0.4, 0.5) is 5.69 Å². The highest BCUT2D eigenvalue weighted by molar-refractivity contribution is 6.26. The predicted molar refractivity (Wildman–Crippen MR) is 125 cm³/mol. The Kier molecular flexibility index (Phi) is 4.99. The molecule has 2 atom stereocenters.